The second-order valence-corrected chi connectivity index (χ2v) is 5.96. The molecule has 6 nitrogen and oxygen atoms in total. The third-order valence-electron chi connectivity index (χ3n) is 4.67. The molecule has 0 radical (unpaired) electrons. The van der Waals surface area contributed by atoms with E-state index in [2.05, 4.69) is 14.8 Å². The van der Waals surface area contributed by atoms with Gasteiger partial charge < -0.3 is 16.4 Å². The van der Waals surface area contributed by atoms with Crippen LogP contribution >= 0.6 is 0 Å². The molecule has 1 amide bonds. The maximum atomic E-state index is 11.4. The highest BCUT2D eigenvalue weighted by molar-refractivity contribution is 5.98. The SMILES string of the molecule is NC(=O)c1cc(N2CCN(C3CCCC3)CC2)ncc1N. The fourth-order valence-corrected chi connectivity index (χ4v) is 3.43. The van der Waals surface area contributed by atoms with Crippen LogP contribution in [0.2, 0.25) is 0 Å². The molecule has 1 saturated carbocycles. The lowest BCUT2D eigenvalue weighted by molar-refractivity contribution is 0.100. The van der Waals surface area contributed by atoms with Crippen molar-refractivity contribution in [2.45, 2.75) is 31.7 Å². The molecule has 0 atom stereocenters. The van der Waals surface area contributed by atoms with Crippen LogP contribution < -0.4 is 16.4 Å². The summed E-state index contributed by atoms with van der Waals surface area (Å²) in [5.74, 6) is 0.296. The van der Waals surface area contributed by atoms with Gasteiger partial charge in [0.1, 0.15) is 5.82 Å². The maximum absolute atomic E-state index is 11.4. The van der Waals surface area contributed by atoms with Crippen molar-refractivity contribution < 1.29 is 4.79 Å². The number of carbonyl (C=O) groups is 1. The second-order valence-electron chi connectivity index (χ2n) is 5.96. The van der Waals surface area contributed by atoms with Crippen LogP contribution in [0.4, 0.5) is 11.5 Å². The number of hydrogen-bond donors (Lipinski definition) is 2. The molecule has 2 aliphatic rings. The Morgan fingerprint density at radius 3 is 2.48 bits per heavy atom. The van der Waals surface area contributed by atoms with E-state index in [1.165, 1.54) is 31.9 Å². The van der Waals surface area contributed by atoms with Crippen LogP contribution in [0.5, 0.6) is 0 Å². The zero-order chi connectivity index (χ0) is 14.8. The molecule has 1 aliphatic carbocycles. The number of nitrogens with zero attached hydrogens (tertiary/aromatic N) is 3. The molecule has 1 aliphatic heterocycles. The van der Waals surface area contributed by atoms with Crippen LogP contribution in [0.3, 0.4) is 0 Å². The van der Waals surface area contributed by atoms with Gasteiger partial charge in [-0.15, -0.1) is 0 Å². The van der Waals surface area contributed by atoms with E-state index in [0.29, 0.717) is 11.3 Å². The molecule has 21 heavy (non-hydrogen) atoms. The van der Waals surface area contributed by atoms with Crippen molar-refractivity contribution in [2.24, 2.45) is 5.73 Å². The Morgan fingerprint density at radius 2 is 1.86 bits per heavy atom. The molecule has 2 heterocycles. The number of aromatic nitrogens is 1. The number of amides is 1. The molecule has 0 unspecified atom stereocenters. The van der Waals surface area contributed by atoms with Crippen molar-refractivity contribution in [3.05, 3.63) is 17.8 Å². The minimum atomic E-state index is -0.499. The van der Waals surface area contributed by atoms with Crippen LogP contribution in [0.1, 0.15) is 36.0 Å². The van der Waals surface area contributed by atoms with Gasteiger partial charge in [-0.3, -0.25) is 9.69 Å². The van der Waals surface area contributed by atoms with Gasteiger partial charge in [0, 0.05) is 32.2 Å². The predicted molar refractivity (Wildman–Crippen MR) is 83.2 cm³/mol. The highest BCUT2D eigenvalue weighted by atomic mass is 16.1. The van der Waals surface area contributed by atoms with Gasteiger partial charge >= 0.3 is 0 Å². The molecular weight excluding hydrogens is 266 g/mol. The minimum Gasteiger partial charge on any atom is -0.397 e. The van der Waals surface area contributed by atoms with Crippen molar-refractivity contribution in [1.82, 2.24) is 9.88 Å². The van der Waals surface area contributed by atoms with Crippen LogP contribution in [0.15, 0.2) is 12.3 Å². The fraction of sp³-hybridized carbons (Fsp3) is 0.600. The minimum absolute atomic E-state index is 0.343. The van der Waals surface area contributed by atoms with Crippen molar-refractivity contribution in [2.75, 3.05) is 36.8 Å². The first-order valence-corrected chi connectivity index (χ1v) is 7.69. The first kappa shape index (κ1) is 14.1. The van der Waals surface area contributed by atoms with Gasteiger partial charge in [-0.05, 0) is 18.9 Å². The molecule has 0 spiro atoms. The highest BCUT2D eigenvalue weighted by Crippen LogP contribution is 2.25. The van der Waals surface area contributed by atoms with E-state index in [9.17, 15) is 4.79 Å². The Bertz CT molecular complexity index is 519. The van der Waals surface area contributed by atoms with Gasteiger partial charge in [-0.25, -0.2) is 4.98 Å². The fourth-order valence-electron chi connectivity index (χ4n) is 3.43. The van der Waals surface area contributed by atoms with Gasteiger partial charge in [-0.1, -0.05) is 12.8 Å². The lowest BCUT2D eigenvalue weighted by Gasteiger charge is -2.38. The van der Waals surface area contributed by atoms with Crippen LogP contribution in [-0.4, -0.2) is 48.0 Å². The summed E-state index contributed by atoms with van der Waals surface area (Å²) in [5, 5.41) is 0. The molecule has 6 heteroatoms. The number of anilines is 2. The lowest BCUT2D eigenvalue weighted by Crippen LogP contribution is -2.50. The van der Waals surface area contributed by atoms with E-state index in [1.807, 2.05) is 0 Å². The van der Waals surface area contributed by atoms with Crippen LogP contribution in [0, 0.1) is 0 Å². The van der Waals surface area contributed by atoms with Gasteiger partial charge in [-0.2, -0.15) is 0 Å². The number of hydrogen-bond acceptors (Lipinski definition) is 5. The average Bonchev–Trinajstić information content (AvgIpc) is 3.02. The van der Waals surface area contributed by atoms with E-state index in [1.54, 1.807) is 6.07 Å². The summed E-state index contributed by atoms with van der Waals surface area (Å²) < 4.78 is 0. The topological polar surface area (TPSA) is 88.5 Å². The second kappa shape index (κ2) is 5.89. The summed E-state index contributed by atoms with van der Waals surface area (Å²) in [6.07, 6.45) is 6.94. The summed E-state index contributed by atoms with van der Waals surface area (Å²) in [6, 6.07) is 2.48. The third kappa shape index (κ3) is 2.95. The van der Waals surface area contributed by atoms with Crippen LogP contribution in [0.25, 0.3) is 0 Å². The number of nitrogen functional groups attached to an aromatic ring is 1. The Hall–Kier alpha value is -1.82. The molecule has 3 rings (SSSR count). The molecule has 114 valence electrons. The van der Waals surface area contributed by atoms with E-state index >= 15 is 0 Å². The quantitative estimate of drug-likeness (QED) is 0.860. The van der Waals surface area contributed by atoms with Crippen LogP contribution in [-0.2, 0) is 0 Å². The monoisotopic (exact) mass is 289 g/mol. The summed E-state index contributed by atoms with van der Waals surface area (Å²) in [5.41, 5.74) is 11.8. The zero-order valence-corrected chi connectivity index (χ0v) is 12.3. The van der Waals surface area contributed by atoms with Gasteiger partial charge in [0.05, 0.1) is 17.4 Å². The van der Waals surface area contributed by atoms with E-state index in [0.717, 1.165) is 38.0 Å². The molecular formula is C15H23N5O. The Kier molecular flexibility index (Phi) is 3.96. The number of rotatable bonds is 3. The van der Waals surface area contributed by atoms with Crippen molar-refractivity contribution in [3.8, 4) is 0 Å². The first-order valence-electron chi connectivity index (χ1n) is 7.69. The summed E-state index contributed by atoms with van der Waals surface area (Å²) in [7, 11) is 0. The van der Waals surface area contributed by atoms with Crippen molar-refractivity contribution in [3.63, 3.8) is 0 Å². The number of nitrogens with two attached hydrogens (primary N) is 2. The predicted octanol–water partition coefficient (Wildman–Crippen LogP) is 0.827. The number of piperazine rings is 1. The number of pyridine rings is 1. The Morgan fingerprint density at radius 1 is 1.19 bits per heavy atom. The first-order chi connectivity index (χ1) is 10.1. The molecule has 0 bridgehead atoms. The van der Waals surface area contributed by atoms with Crippen molar-refractivity contribution >= 4 is 17.4 Å². The van der Waals surface area contributed by atoms with Gasteiger partial charge in [0.15, 0.2) is 0 Å². The summed E-state index contributed by atoms with van der Waals surface area (Å²) >= 11 is 0. The smallest absolute Gasteiger partial charge is 0.250 e. The standard InChI is InChI=1S/C15H23N5O/c16-13-10-18-14(9-12(13)15(17)21)20-7-5-19(6-8-20)11-3-1-2-4-11/h9-11H,1-8,16H2,(H2,17,21). The van der Waals surface area contributed by atoms with E-state index < -0.39 is 5.91 Å². The van der Waals surface area contributed by atoms with Gasteiger partial charge in [0.25, 0.3) is 5.91 Å². The van der Waals surface area contributed by atoms with Gasteiger partial charge in [0.2, 0.25) is 0 Å². The third-order valence-corrected chi connectivity index (χ3v) is 4.67. The number of primary amides is 1. The molecule has 1 aromatic rings. The molecule has 1 saturated heterocycles. The average molecular weight is 289 g/mol. The molecule has 0 aromatic carbocycles. The molecule has 2 fully saturated rings. The van der Waals surface area contributed by atoms with E-state index in [-0.39, 0.29) is 0 Å². The number of carbonyl (C=O) groups excluding carboxylic acids is 1. The summed E-state index contributed by atoms with van der Waals surface area (Å²) in [6.45, 7) is 3.99. The summed E-state index contributed by atoms with van der Waals surface area (Å²) in [4.78, 5) is 20.5. The van der Waals surface area contributed by atoms with Crippen molar-refractivity contribution in [1.29, 1.82) is 0 Å². The highest BCUT2D eigenvalue weighted by Gasteiger charge is 2.26. The van der Waals surface area contributed by atoms with E-state index in [4.69, 9.17) is 11.5 Å². The molecule has 4 N–H and O–H groups in total. The zero-order valence-electron chi connectivity index (χ0n) is 12.3. The Labute approximate surface area is 125 Å². The maximum Gasteiger partial charge on any atom is 0.250 e. The lowest BCUT2D eigenvalue weighted by atomic mass is 10.1. The largest absolute Gasteiger partial charge is 0.397 e. The Balaban J connectivity index is 1.66. The normalized spacial score (nSPS) is 20.9. The molecule has 1 aromatic heterocycles.